The predicted octanol–water partition coefficient (Wildman–Crippen LogP) is 2.00. The summed E-state index contributed by atoms with van der Waals surface area (Å²) in [6.07, 6.45) is 3.74. The molecule has 2 heterocycles. The van der Waals surface area contributed by atoms with Crippen LogP contribution in [-0.2, 0) is 12.8 Å². The van der Waals surface area contributed by atoms with Gasteiger partial charge in [-0.2, -0.15) is 0 Å². The number of nitrogens with one attached hydrogen (secondary N) is 1. The average Bonchev–Trinajstić information content (AvgIpc) is 2.86. The second-order valence-electron chi connectivity index (χ2n) is 3.14. The Morgan fingerprint density at radius 3 is 3.06 bits per heavy atom. The highest BCUT2D eigenvalue weighted by molar-refractivity contribution is 7.98. The fourth-order valence-corrected chi connectivity index (χ4v) is 2.88. The minimum Gasteiger partial charge on any atom is -0.360 e. The van der Waals surface area contributed by atoms with E-state index in [0.717, 1.165) is 27.6 Å². The quantitative estimate of drug-likeness (QED) is 0.828. The Balaban J connectivity index is 1.92. The Morgan fingerprint density at radius 1 is 1.50 bits per heavy atom. The summed E-state index contributed by atoms with van der Waals surface area (Å²) in [5.41, 5.74) is 0. The molecule has 86 valence electrons. The molecule has 0 aliphatic rings. The molecule has 0 bridgehead atoms. The molecule has 0 unspecified atom stereocenters. The molecule has 0 fully saturated rings. The summed E-state index contributed by atoms with van der Waals surface area (Å²) in [6, 6.07) is 0. The van der Waals surface area contributed by atoms with Crippen LogP contribution < -0.4 is 5.32 Å². The van der Waals surface area contributed by atoms with Crippen molar-refractivity contribution in [2.24, 2.45) is 7.05 Å². The highest BCUT2D eigenvalue weighted by atomic mass is 32.2. The fourth-order valence-electron chi connectivity index (χ4n) is 1.15. The van der Waals surface area contributed by atoms with Crippen molar-refractivity contribution in [2.75, 3.05) is 11.9 Å². The van der Waals surface area contributed by atoms with Crippen molar-refractivity contribution in [3.63, 3.8) is 0 Å². The van der Waals surface area contributed by atoms with Crippen LogP contribution in [0.4, 0.5) is 5.13 Å². The number of rotatable bonds is 5. The van der Waals surface area contributed by atoms with Crippen LogP contribution in [0.15, 0.2) is 17.6 Å². The number of anilines is 1. The Bertz CT molecular complexity index is 450. The van der Waals surface area contributed by atoms with E-state index in [1.807, 2.05) is 24.7 Å². The molecule has 0 saturated carbocycles. The molecule has 1 N–H and O–H groups in total. The largest absolute Gasteiger partial charge is 0.360 e. The first-order chi connectivity index (χ1) is 7.79. The first-order valence-electron chi connectivity index (χ1n) is 4.96. The van der Waals surface area contributed by atoms with E-state index in [9.17, 15) is 0 Å². The number of nitrogens with zero attached hydrogens (tertiary/aromatic N) is 4. The number of imidazole rings is 1. The Hall–Kier alpha value is -1.08. The molecule has 2 rings (SSSR count). The first-order valence-corrected chi connectivity index (χ1v) is 6.76. The van der Waals surface area contributed by atoms with Gasteiger partial charge in [-0.05, 0) is 6.92 Å². The lowest BCUT2D eigenvalue weighted by Crippen LogP contribution is -1.94. The summed E-state index contributed by atoms with van der Waals surface area (Å²) in [6.45, 7) is 2.92. The van der Waals surface area contributed by atoms with Crippen molar-refractivity contribution in [1.82, 2.24) is 19.7 Å². The van der Waals surface area contributed by atoms with E-state index in [4.69, 9.17) is 0 Å². The third-order valence-corrected chi connectivity index (χ3v) is 4.03. The van der Waals surface area contributed by atoms with Crippen LogP contribution in [0.5, 0.6) is 0 Å². The summed E-state index contributed by atoms with van der Waals surface area (Å²) in [7, 11) is 1.99. The molecule has 7 heteroatoms. The molecule has 0 radical (unpaired) electrons. The molecular weight excluding hydrogens is 242 g/mol. The van der Waals surface area contributed by atoms with Crippen molar-refractivity contribution in [3.05, 3.63) is 17.4 Å². The molecule has 0 spiro atoms. The van der Waals surface area contributed by atoms with Crippen LogP contribution >= 0.6 is 23.1 Å². The van der Waals surface area contributed by atoms with Gasteiger partial charge in [0.2, 0.25) is 5.13 Å². The molecule has 0 aliphatic heterocycles. The van der Waals surface area contributed by atoms with Gasteiger partial charge in [0.05, 0.1) is 5.75 Å². The molecule has 0 aromatic carbocycles. The van der Waals surface area contributed by atoms with Gasteiger partial charge < -0.3 is 9.88 Å². The van der Waals surface area contributed by atoms with Gasteiger partial charge in [0, 0.05) is 26.0 Å². The van der Waals surface area contributed by atoms with Crippen LogP contribution in [-0.4, -0.2) is 26.3 Å². The SMILES string of the molecule is CCNc1nnc(CSc2nccn2C)s1. The highest BCUT2D eigenvalue weighted by Gasteiger charge is 2.06. The molecule has 16 heavy (non-hydrogen) atoms. The second kappa shape index (κ2) is 5.31. The zero-order chi connectivity index (χ0) is 11.4. The molecule has 0 saturated heterocycles. The smallest absolute Gasteiger partial charge is 0.205 e. The monoisotopic (exact) mass is 255 g/mol. The Kier molecular flexibility index (Phi) is 3.79. The number of thioether (sulfide) groups is 1. The second-order valence-corrected chi connectivity index (χ2v) is 5.15. The molecule has 2 aromatic heterocycles. The van der Waals surface area contributed by atoms with Gasteiger partial charge in [-0.3, -0.25) is 0 Å². The lowest BCUT2D eigenvalue weighted by molar-refractivity contribution is 0.789. The van der Waals surface area contributed by atoms with Crippen LogP contribution in [0.25, 0.3) is 0 Å². The first kappa shape index (κ1) is 11.4. The summed E-state index contributed by atoms with van der Waals surface area (Å²) in [5.74, 6) is 0.813. The van der Waals surface area contributed by atoms with Gasteiger partial charge in [-0.15, -0.1) is 10.2 Å². The average molecular weight is 255 g/mol. The zero-order valence-electron chi connectivity index (χ0n) is 9.17. The van der Waals surface area contributed by atoms with Crippen LogP contribution in [0.3, 0.4) is 0 Å². The standard InChI is InChI=1S/C9H13N5S2/c1-3-10-8-13-12-7(16-8)6-15-9-11-4-5-14(9)2/h4-5H,3,6H2,1-2H3,(H,10,13). The molecule has 2 aromatic rings. The van der Waals surface area contributed by atoms with Crippen molar-refractivity contribution < 1.29 is 0 Å². The van der Waals surface area contributed by atoms with Crippen molar-refractivity contribution >= 4 is 28.2 Å². The molecule has 5 nitrogen and oxygen atoms in total. The third kappa shape index (κ3) is 2.73. The van der Waals surface area contributed by atoms with Gasteiger partial charge in [-0.25, -0.2) is 4.98 Å². The van der Waals surface area contributed by atoms with Gasteiger partial charge >= 0.3 is 0 Å². The molecule has 0 aliphatic carbocycles. The summed E-state index contributed by atoms with van der Waals surface area (Å²) in [4.78, 5) is 4.24. The lowest BCUT2D eigenvalue weighted by Gasteiger charge is -1.97. The lowest BCUT2D eigenvalue weighted by atomic mass is 10.8. The maximum absolute atomic E-state index is 4.24. The van der Waals surface area contributed by atoms with Gasteiger partial charge in [0.25, 0.3) is 0 Å². The minimum absolute atomic E-state index is 0.813. The van der Waals surface area contributed by atoms with E-state index in [0.29, 0.717) is 0 Å². The Morgan fingerprint density at radius 2 is 2.38 bits per heavy atom. The summed E-state index contributed by atoms with van der Waals surface area (Å²) < 4.78 is 2.00. The number of aryl methyl sites for hydroxylation is 1. The van der Waals surface area contributed by atoms with E-state index in [1.54, 1.807) is 29.3 Å². The summed E-state index contributed by atoms with van der Waals surface area (Å²) in [5, 5.41) is 14.2. The van der Waals surface area contributed by atoms with Crippen LogP contribution in [0.1, 0.15) is 11.9 Å². The number of hydrogen-bond donors (Lipinski definition) is 1. The third-order valence-electron chi connectivity index (χ3n) is 1.90. The van der Waals surface area contributed by atoms with E-state index in [2.05, 4.69) is 20.5 Å². The van der Waals surface area contributed by atoms with Gasteiger partial charge in [0.1, 0.15) is 5.01 Å². The zero-order valence-corrected chi connectivity index (χ0v) is 10.8. The molecule has 0 atom stereocenters. The van der Waals surface area contributed by atoms with Gasteiger partial charge in [0.15, 0.2) is 5.16 Å². The fraction of sp³-hybridized carbons (Fsp3) is 0.444. The topological polar surface area (TPSA) is 55.6 Å². The van der Waals surface area contributed by atoms with Crippen LogP contribution in [0.2, 0.25) is 0 Å². The minimum atomic E-state index is 0.813. The Labute approximate surface area is 102 Å². The highest BCUT2D eigenvalue weighted by Crippen LogP contribution is 2.24. The van der Waals surface area contributed by atoms with E-state index in [-0.39, 0.29) is 0 Å². The van der Waals surface area contributed by atoms with E-state index in [1.165, 1.54) is 0 Å². The predicted molar refractivity (Wildman–Crippen MR) is 66.8 cm³/mol. The summed E-state index contributed by atoms with van der Waals surface area (Å²) >= 11 is 3.26. The van der Waals surface area contributed by atoms with E-state index >= 15 is 0 Å². The van der Waals surface area contributed by atoms with Crippen LogP contribution in [0, 0.1) is 0 Å². The number of hydrogen-bond acceptors (Lipinski definition) is 6. The maximum Gasteiger partial charge on any atom is 0.205 e. The van der Waals surface area contributed by atoms with Gasteiger partial charge in [-0.1, -0.05) is 23.1 Å². The number of aromatic nitrogens is 4. The maximum atomic E-state index is 4.24. The molecular formula is C9H13N5S2. The van der Waals surface area contributed by atoms with E-state index < -0.39 is 0 Å². The van der Waals surface area contributed by atoms with Crippen molar-refractivity contribution in [2.45, 2.75) is 17.8 Å². The molecule has 0 amide bonds. The van der Waals surface area contributed by atoms with Crippen molar-refractivity contribution in [1.29, 1.82) is 0 Å². The normalized spacial score (nSPS) is 10.6. The van der Waals surface area contributed by atoms with Crippen molar-refractivity contribution in [3.8, 4) is 0 Å².